The molecule has 0 heterocycles. The van der Waals surface area contributed by atoms with Crippen molar-refractivity contribution in [2.45, 2.75) is 163 Å². The summed E-state index contributed by atoms with van der Waals surface area (Å²) >= 11 is 25.5. The topological polar surface area (TPSA) is 207 Å². The van der Waals surface area contributed by atoms with Gasteiger partial charge in [-0.05, 0) is 120 Å². The Morgan fingerprint density at radius 1 is 0.358 bits per heavy atom. The molecule has 0 saturated heterocycles. The predicted octanol–water partition coefficient (Wildman–Crippen LogP) is 9.72. The predicted molar refractivity (Wildman–Crippen MR) is 363 cm³/mol. The molecule has 0 aliphatic carbocycles. The zero-order chi connectivity index (χ0) is 62.9. The Balaban J connectivity index is 0.000000507. The van der Waals surface area contributed by atoms with Gasteiger partial charge in [-0.2, -0.15) is 0 Å². The van der Waals surface area contributed by atoms with Crippen LogP contribution < -0.4 is 75.0 Å². The fourth-order valence-corrected chi connectivity index (χ4v) is 10.7. The van der Waals surface area contributed by atoms with E-state index in [1.165, 1.54) is 0 Å². The van der Waals surface area contributed by atoms with Gasteiger partial charge < -0.3 is 52.8 Å². The average molecular weight is 1220 g/mol. The van der Waals surface area contributed by atoms with E-state index in [2.05, 4.69) is 76.2 Å². The maximum absolute atomic E-state index is 11.8. The van der Waals surface area contributed by atoms with Gasteiger partial charge in [0.2, 0.25) is 27.1 Å². The van der Waals surface area contributed by atoms with Crippen LogP contribution in [0.1, 0.15) is 164 Å². The number of rotatable bonds is 23. The lowest BCUT2D eigenvalue weighted by atomic mass is 9.82. The van der Waals surface area contributed by atoms with Crippen molar-refractivity contribution in [3.63, 3.8) is 0 Å². The monoisotopic (exact) mass is 1210 g/mol. The molecular weight excluding hydrogens is 1110 g/mol. The molecule has 81 heavy (non-hydrogen) atoms. The first-order chi connectivity index (χ1) is 37.1. The smallest absolute Gasteiger partial charge is 0.204 e. The fourth-order valence-electron chi connectivity index (χ4n) is 9.15. The number of anilines is 5. The molecule has 0 bridgehead atoms. The van der Waals surface area contributed by atoms with E-state index < -0.39 is 0 Å². The quantitative estimate of drug-likeness (QED) is 0.0240. The third-order valence-corrected chi connectivity index (χ3v) is 15.2. The van der Waals surface area contributed by atoms with Gasteiger partial charge in [0, 0.05) is 74.6 Å². The van der Waals surface area contributed by atoms with Gasteiger partial charge >= 0.3 is 0 Å². The van der Waals surface area contributed by atoms with Crippen LogP contribution in [0.3, 0.4) is 0 Å². The number of nitrogens with two attached hydrogens (primary N) is 2. The maximum atomic E-state index is 11.8. The fraction of sp³-hybridized carbons (Fsp3) is 0.672. The molecule has 0 spiro atoms. The Morgan fingerprint density at radius 3 is 0.901 bits per heavy atom. The molecule has 9 N–H and O–H groups in total. The molecule has 0 aromatic heterocycles. The maximum Gasteiger partial charge on any atom is 0.204 e. The van der Waals surface area contributed by atoms with Gasteiger partial charge in [-0.25, -0.2) is 0 Å². The van der Waals surface area contributed by atoms with Crippen molar-refractivity contribution in [1.82, 2.24) is 15.5 Å². The summed E-state index contributed by atoms with van der Waals surface area (Å²) in [5.74, 6) is 0. The van der Waals surface area contributed by atoms with E-state index in [9.17, 15) is 24.0 Å². The molecular formula is C61H102N10O5S5. The number of nitrogens with one attached hydrogen (secondary N) is 5. The Kier molecular flexibility index (Phi) is 30.3. The molecule has 0 atom stereocenters. The Labute approximate surface area is 511 Å². The molecule has 5 rings (SSSR count). The van der Waals surface area contributed by atoms with Gasteiger partial charge in [-0.1, -0.05) is 165 Å². The first-order valence-electron chi connectivity index (χ1n) is 28.3. The van der Waals surface area contributed by atoms with Crippen LogP contribution in [0.5, 0.6) is 0 Å². The summed E-state index contributed by atoms with van der Waals surface area (Å²) in [7, 11) is 12.0. The molecule has 0 amide bonds. The minimum atomic E-state index is -0.134. The lowest BCUT2D eigenvalue weighted by Gasteiger charge is -2.30. The van der Waals surface area contributed by atoms with E-state index in [0.29, 0.717) is 35.6 Å². The van der Waals surface area contributed by atoms with Gasteiger partial charge in [0.05, 0.1) is 28.4 Å². The molecule has 456 valence electrons. The zero-order valence-electron chi connectivity index (χ0n) is 53.2. The lowest BCUT2D eigenvalue weighted by molar-refractivity contribution is 0.405. The van der Waals surface area contributed by atoms with E-state index in [0.717, 1.165) is 141 Å². The van der Waals surface area contributed by atoms with Gasteiger partial charge in [0.1, 0.15) is 22.6 Å². The highest BCUT2D eigenvalue weighted by Gasteiger charge is 2.33. The highest BCUT2D eigenvalue weighted by Crippen LogP contribution is 2.35. The summed E-state index contributed by atoms with van der Waals surface area (Å²) in [6.45, 7) is 39.1. The van der Waals surface area contributed by atoms with Crippen molar-refractivity contribution in [2.75, 3.05) is 133 Å². The SMILES string of the molecule is CC(C)(C)c1c(NCCCN)c(=S)c1=O.CN(C)CCCNc1c(C(C)(C)C)c(=O)c1=S.CN(CCCN)c1c(C(C)(C)C)c(=O)c1=S.CNCCCN(C)c1c(C(C)(C)C)c(=O)c1=S.CNCCCNc1c(C(C)(C)C)c(=O)c1=S. The summed E-state index contributed by atoms with van der Waals surface area (Å²) in [6, 6.07) is 0. The Hall–Kier alpha value is -3.70. The minimum absolute atomic E-state index is 0.0211. The summed E-state index contributed by atoms with van der Waals surface area (Å²) < 4.78 is 2.36. The van der Waals surface area contributed by atoms with Crippen LogP contribution in [0.25, 0.3) is 0 Å². The molecule has 0 fully saturated rings. The standard InChI is InChI=1S/2C13H22N2OS.2C12H20N2OS.C11H18N2OS/c1-13(2,3)9-10(12(17)11(9)16)14-7-6-8-15(4)5;1-13(2,3)9-10(12(17)11(9)16)15(5)8-6-7-14-4;1-12(2,3)8-9(11(16)10(8)15)14(4)7-5-6-13;1-12(2,3)8-9(11(16)10(8)15)14-7-5-6-13-4;1-11(2,3)7-8(10(15)9(7)14)13-6-4-5-12/h2*14H,6-8H2,1-5H3;5-7,13H2,1-4H3;13-14H,5-7H2,1-4H3;13H,4-6,12H2,1-3H3. The van der Waals surface area contributed by atoms with Gasteiger partial charge in [0.25, 0.3) is 0 Å². The van der Waals surface area contributed by atoms with E-state index in [-0.39, 0.29) is 54.2 Å². The molecule has 0 saturated carbocycles. The molecule has 15 nitrogen and oxygen atoms in total. The van der Waals surface area contributed by atoms with Gasteiger partial charge in [-0.3, -0.25) is 24.0 Å². The highest BCUT2D eigenvalue weighted by atomic mass is 32.1. The molecule has 0 aliphatic heterocycles. The third kappa shape index (κ3) is 21.1. The molecule has 0 radical (unpaired) electrons. The van der Waals surface area contributed by atoms with Gasteiger partial charge in [0.15, 0.2) is 0 Å². The van der Waals surface area contributed by atoms with Crippen molar-refractivity contribution in [1.29, 1.82) is 0 Å². The third-order valence-electron chi connectivity index (χ3n) is 13.3. The van der Waals surface area contributed by atoms with E-state index in [1.54, 1.807) is 0 Å². The molecule has 0 aliphatic rings. The highest BCUT2D eigenvalue weighted by molar-refractivity contribution is 7.72. The minimum Gasteiger partial charge on any atom is -0.383 e. The molecule has 0 unspecified atom stereocenters. The lowest BCUT2D eigenvalue weighted by Crippen LogP contribution is -2.35. The summed E-state index contributed by atoms with van der Waals surface area (Å²) in [6.07, 6.45) is 4.91. The Morgan fingerprint density at radius 2 is 0.617 bits per heavy atom. The number of hydrogen-bond acceptors (Lipinski definition) is 20. The van der Waals surface area contributed by atoms with Gasteiger partial charge in [-0.15, -0.1) is 0 Å². The first-order valence-corrected chi connectivity index (χ1v) is 30.4. The van der Waals surface area contributed by atoms with Crippen molar-refractivity contribution >= 4 is 89.5 Å². The first kappa shape index (κ1) is 75.3. The van der Waals surface area contributed by atoms with Crippen LogP contribution >= 0.6 is 61.1 Å². The molecule has 20 heteroatoms. The second kappa shape index (κ2) is 32.5. The normalized spacial score (nSPS) is 12.1. The van der Waals surface area contributed by atoms with E-state index in [4.69, 9.17) is 72.6 Å². The van der Waals surface area contributed by atoms with Crippen LogP contribution in [-0.4, -0.2) is 113 Å². The van der Waals surface area contributed by atoms with E-state index >= 15 is 0 Å². The second-order valence-corrected chi connectivity index (χ2v) is 28.3. The summed E-state index contributed by atoms with van der Waals surface area (Å²) in [5.41, 5.74) is 19.3. The molecule has 5 aromatic carbocycles. The number of nitrogens with zero attached hydrogens (tertiary/aromatic N) is 3. The Bertz CT molecular complexity index is 3160. The van der Waals surface area contributed by atoms with Crippen molar-refractivity contribution in [3.8, 4) is 0 Å². The average Bonchev–Trinajstić information content (AvgIpc) is 3.35. The zero-order valence-corrected chi connectivity index (χ0v) is 57.3. The second-order valence-electron chi connectivity index (χ2n) is 26.2. The molecule has 5 aromatic rings. The van der Waals surface area contributed by atoms with Crippen molar-refractivity contribution in [2.24, 2.45) is 11.5 Å². The van der Waals surface area contributed by atoms with Crippen molar-refractivity contribution < 1.29 is 0 Å². The summed E-state index contributed by atoms with van der Waals surface area (Å²) in [5, 5.41) is 16.0. The van der Waals surface area contributed by atoms with E-state index in [1.807, 2.05) is 111 Å². The summed E-state index contributed by atoms with van der Waals surface area (Å²) in [4.78, 5) is 64.8. The van der Waals surface area contributed by atoms with Crippen LogP contribution in [0, 0.1) is 22.6 Å². The van der Waals surface area contributed by atoms with Crippen LogP contribution in [-0.2, 0) is 27.1 Å². The van der Waals surface area contributed by atoms with Crippen molar-refractivity contribution in [3.05, 3.63) is 101 Å². The largest absolute Gasteiger partial charge is 0.383 e. The van der Waals surface area contributed by atoms with Crippen LogP contribution in [0.2, 0.25) is 0 Å². The number of hydrogen-bond donors (Lipinski definition) is 7. The van der Waals surface area contributed by atoms with Crippen LogP contribution in [0.4, 0.5) is 28.4 Å². The van der Waals surface area contributed by atoms with Crippen LogP contribution in [0.15, 0.2) is 24.0 Å².